The van der Waals surface area contributed by atoms with E-state index in [4.69, 9.17) is 5.11 Å². The normalized spacial score (nSPS) is 10.4. The van der Waals surface area contributed by atoms with Gasteiger partial charge in [-0.2, -0.15) is 0 Å². The summed E-state index contributed by atoms with van der Waals surface area (Å²) in [5, 5.41) is 9.12. The first kappa shape index (κ1) is 11.5. The zero-order valence-electron chi connectivity index (χ0n) is 9.08. The predicted molar refractivity (Wildman–Crippen MR) is 65.3 cm³/mol. The summed E-state index contributed by atoms with van der Waals surface area (Å²) in [6.07, 6.45) is 0. The van der Waals surface area contributed by atoms with Gasteiger partial charge in [-0.1, -0.05) is 23.5 Å². The molecule has 6 heteroatoms. The van der Waals surface area contributed by atoms with E-state index in [9.17, 15) is 9.59 Å². The average Bonchev–Trinajstić information content (AvgIpc) is 2.72. The van der Waals surface area contributed by atoms with Crippen LogP contribution in [0.3, 0.4) is 0 Å². The molecule has 0 aliphatic heterocycles. The number of likely N-dealkylation sites (N-methyl/N-ethyl adjacent to an activating group) is 1. The van der Waals surface area contributed by atoms with Crippen molar-refractivity contribution >= 4 is 38.6 Å². The average molecular weight is 250 g/mol. The first-order chi connectivity index (χ1) is 8.13. The minimum absolute atomic E-state index is 0.283. The molecular weight excluding hydrogens is 240 g/mol. The Kier molecular flexibility index (Phi) is 3.06. The maximum Gasteiger partial charge on any atom is 0.395 e. The number of benzene rings is 1. The van der Waals surface area contributed by atoms with Crippen LogP contribution in [-0.4, -0.2) is 28.5 Å². The van der Waals surface area contributed by atoms with E-state index in [1.165, 1.54) is 11.3 Å². The molecule has 0 fully saturated rings. The smallest absolute Gasteiger partial charge is 0.395 e. The Morgan fingerprint density at radius 1 is 1.41 bits per heavy atom. The number of aromatic nitrogens is 1. The summed E-state index contributed by atoms with van der Waals surface area (Å²) in [5.41, 5.74) is 0.768. The highest BCUT2D eigenvalue weighted by Gasteiger charge is 2.23. The number of carboxylic acids is 1. The van der Waals surface area contributed by atoms with Gasteiger partial charge in [0, 0.05) is 6.54 Å². The molecule has 0 unspecified atom stereocenters. The summed E-state index contributed by atoms with van der Waals surface area (Å²) < 4.78 is 0.930. The maximum absolute atomic E-state index is 11.4. The fourth-order valence-corrected chi connectivity index (χ4v) is 2.48. The van der Waals surface area contributed by atoms with Crippen LogP contribution in [0.15, 0.2) is 24.3 Å². The molecule has 1 aromatic carbocycles. The van der Waals surface area contributed by atoms with E-state index in [1.54, 1.807) is 6.92 Å². The minimum atomic E-state index is -1.47. The van der Waals surface area contributed by atoms with Crippen LogP contribution in [0.4, 0.5) is 5.13 Å². The van der Waals surface area contributed by atoms with Crippen LogP contribution in [0.1, 0.15) is 6.92 Å². The Morgan fingerprint density at radius 3 is 2.71 bits per heavy atom. The van der Waals surface area contributed by atoms with Crippen molar-refractivity contribution in [2.24, 2.45) is 0 Å². The second-order valence-corrected chi connectivity index (χ2v) is 4.33. The predicted octanol–water partition coefficient (Wildman–Crippen LogP) is 1.73. The van der Waals surface area contributed by atoms with Crippen LogP contribution in [0, 0.1) is 0 Å². The van der Waals surface area contributed by atoms with E-state index in [1.807, 2.05) is 24.3 Å². The molecular formula is C11H10N2O3S. The zero-order valence-corrected chi connectivity index (χ0v) is 9.90. The number of carboxylic acid groups (broad SMARTS) is 1. The van der Waals surface area contributed by atoms with Gasteiger partial charge in [0.1, 0.15) is 0 Å². The summed E-state index contributed by atoms with van der Waals surface area (Å²) in [6, 6.07) is 7.44. The van der Waals surface area contributed by atoms with Gasteiger partial charge in [-0.3, -0.25) is 9.69 Å². The lowest BCUT2D eigenvalue weighted by Gasteiger charge is -2.14. The van der Waals surface area contributed by atoms with Crippen molar-refractivity contribution in [2.45, 2.75) is 6.92 Å². The van der Waals surface area contributed by atoms with Gasteiger partial charge >= 0.3 is 11.9 Å². The minimum Gasteiger partial charge on any atom is -0.474 e. The number of fused-ring (bicyclic) bond motifs is 1. The summed E-state index contributed by atoms with van der Waals surface area (Å²) >= 11 is 1.31. The first-order valence-corrected chi connectivity index (χ1v) is 5.85. The van der Waals surface area contributed by atoms with E-state index < -0.39 is 11.9 Å². The molecule has 1 amide bonds. The number of nitrogens with zero attached hydrogens (tertiary/aromatic N) is 2. The number of hydrogen-bond donors (Lipinski definition) is 1. The number of carbonyl (C=O) groups excluding carboxylic acids is 1. The van der Waals surface area contributed by atoms with Crippen molar-refractivity contribution in [2.75, 3.05) is 11.4 Å². The second kappa shape index (κ2) is 4.50. The summed E-state index contributed by atoms with van der Waals surface area (Å²) in [7, 11) is 0. The van der Waals surface area contributed by atoms with E-state index >= 15 is 0 Å². The fourth-order valence-electron chi connectivity index (χ4n) is 1.46. The topological polar surface area (TPSA) is 70.5 Å². The SMILES string of the molecule is CCN(C(=O)C(=O)O)c1nc2ccccc2s1. The third kappa shape index (κ3) is 2.12. The summed E-state index contributed by atoms with van der Waals surface area (Å²) in [5.74, 6) is -2.42. The molecule has 0 spiro atoms. The lowest BCUT2D eigenvalue weighted by molar-refractivity contribution is -0.148. The highest BCUT2D eigenvalue weighted by atomic mass is 32.1. The molecule has 0 saturated carbocycles. The lowest BCUT2D eigenvalue weighted by atomic mass is 10.3. The molecule has 1 N–H and O–H groups in total. The van der Waals surface area contributed by atoms with Gasteiger partial charge in [0.25, 0.3) is 0 Å². The first-order valence-electron chi connectivity index (χ1n) is 5.04. The highest BCUT2D eigenvalue weighted by Crippen LogP contribution is 2.28. The third-order valence-electron chi connectivity index (χ3n) is 2.26. The molecule has 2 rings (SSSR count). The third-order valence-corrected chi connectivity index (χ3v) is 3.32. The monoisotopic (exact) mass is 250 g/mol. The Morgan fingerprint density at radius 2 is 2.12 bits per heavy atom. The number of amides is 1. The molecule has 0 bridgehead atoms. The van der Waals surface area contributed by atoms with Crippen molar-refractivity contribution in [3.8, 4) is 0 Å². The van der Waals surface area contributed by atoms with Gasteiger partial charge < -0.3 is 5.11 Å². The molecule has 2 aromatic rings. The second-order valence-electron chi connectivity index (χ2n) is 3.32. The van der Waals surface area contributed by atoms with Gasteiger partial charge in [-0.05, 0) is 19.1 Å². The molecule has 17 heavy (non-hydrogen) atoms. The van der Waals surface area contributed by atoms with Crippen LogP contribution in [0.5, 0.6) is 0 Å². The van der Waals surface area contributed by atoms with Gasteiger partial charge in [-0.15, -0.1) is 0 Å². The quantitative estimate of drug-likeness (QED) is 0.824. The lowest BCUT2D eigenvalue weighted by Crippen LogP contribution is -2.36. The summed E-state index contributed by atoms with van der Waals surface area (Å²) in [6.45, 7) is 2.00. The standard InChI is InChI=1S/C11H10N2O3S/c1-2-13(9(14)10(15)16)11-12-7-5-3-4-6-8(7)17-11/h3-6H,2H2,1H3,(H,15,16). The van der Waals surface area contributed by atoms with Gasteiger partial charge in [0.05, 0.1) is 10.2 Å². The number of hydrogen-bond acceptors (Lipinski definition) is 4. The van der Waals surface area contributed by atoms with Crippen molar-refractivity contribution < 1.29 is 14.7 Å². The number of anilines is 1. The Bertz CT molecular complexity index is 546. The molecule has 0 aliphatic rings. The Labute approximate surface area is 101 Å². The number of aliphatic carboxylic acids is 1. The zero-order chi connectivity index (χ0) is 12.4. The number of carbonyl (C=O) groups is 2. The van der Waals surface area contributed by atoms with Crippen LogP contribution in [-0.2, 0) is 9.59 Å². The van der Waals surface area contributed by atoms with Crippen molar-refractivity contribution in [1.82, 2.24) is 4.98 Å². The van der Waals surface area contributed by atoms with Gasteiger partial charge in [0.15, 0.2) is 5.13 Å². The van der Waals surface area contributed by atoms with Crippen molar-refractivity contribution in [3.05, 3.63) is 24.3 Å². The largest absolute Gasteiger partial charge is 0.474 e. The fraction of sp³-hybridized carbons (Fsp3) is 0.182. The van der Waals surface area contributed by atoms with Crippen LogP contribution in [0.2, 0.25) is 0 Å². The van der Waals surface area contributed by atoms with Crippen LogP contribution >= 0.6 is 11.3 Å². The molecule has 0 saturated heterocycles. The number of thiazole rings is 1. The Hall–Kier alpha value is -1.95. The molecule has 1 heterocycles. The van der Waals surface area contributed by atoms with Crippen LogP contribution in [0.25, 0.3) is 10.2 Å². The van der Waals surface area contributed by atoms with Gasteiger partial charge in [0.2, 0.25) is 0 Å². The van der Waals surface area contributed by atoms with E-state index in [2.05, 4.69) is 4.98 Å². The number of para-hydroxylation sites is 1. The Balaban J connectivity index is 2.43. The molecule has 5 nitrogen and oxygen atoms in total. The maximum atomic E-state index is 11.4. The molecule has 0 radical (unpaired) electrons. The van der Waals surface area contributed by atoms with Crippen molar-refractivity contribution in [1.29, 1.82) is 0 Å². The highest BCUT2D eigenvalue weighted by molar-refractivity contribution is 7.22. The van der Waals surface area contributed by atoms with E-state index in [0.717, 1.165) is 15.1 Å². The number of rotatable bonds is 2. The molecule has 1 aromatic heterocycles. The van der Waals surface area contributed by atoms with Crippen molar-refractivity contribution in [3.63, 3.8) is 0 Å². The van der Waals surface area contributed by atoms with Crippen LogP contribution < -0.4 is 4.90 Å². The van der Waals surface area contributed by atoms with Gasteiger partial charge in [-0.25, -0.2) is 9.78 Å². The van der Waals surface area contributed by atoms with E-state index in [0.29, 0.717) is 5.13 Å². The molecule has 0 aliphatic carbocycles. The summed E-state index contributed by atoms with van der Waals surface area (Å²) in [4.78, 5) is 27.5. The molecule has 88 valence electrons. The molecule has 0 atom stereocenters. The van der Waals surface area contributed by atoms with E-state index in [-0.39, 0.29) is 6.54 Å².